The van der Waals surface area contributed by atoms with Crippen LogP contribution in [-0.2, 0) is 23.7 Å². The first-order valence-electron chi connectivity index (χ1n) is 17.1. The van der Waals surface area contributed by atoms with E-state index in [0.717, 1.165) is 0 Å². The molecule has 0 radical (unpaired) electrons. The van der Waals surface area contributed by atoms with Gasteiger partial charge >= 0.3 is 23.9 Å². The van der Waals surface area contributed by atoms with Crippen LogP contribution in [0.3, 0.4) is 0 Å². The molecule has 278 valence electrons. The van der Waals surface area contributed by atoms with Crippen molar-refractivity contribution < 1.29 is 42.9 Å². The van der Waals surface area contributed by atoms with Gasteiger partial charge in [0.1, 0.15) is 24.3 Å². The fraction of sp³-hybridized carbons (Fsp3) is 0.175. The van der Waals surface area contributed by atoms with Crippen molar-refractivity contribution in [3.8, 4) is 0 Å². The van der Waals surface area contributed by atoms with E-state index in [1.165, 1.54) is 10.9 Å². The maximum atomic E-state index is 13.8. The van der Waals surface area contributed by atoms with Crippen LogP contribution in [0.25, 0.3) is 11.2 Å². The number of nitrogens with two attached hydrogens (primary N) is 1. The van der Waals surface area contributed by atoms with Gasteiger partial charge in [0.05, 0.1) is 28.6 Å². The van der Waals surface area contributed by atoms with Gasteiger partial charge in [-0.1, -0.05) is 84.4 Å². The van der Waals surface area contributed by atoms with E-state index < -0.39 is 61.1 Å². The second-order valence-corrected chi connectivity index (χ2v) is 12.7. The highest BCUT2D eigenvalue weighted by Crippen LogP contribution is 2.36. The van der Waals surface area contributed by atoms with Crippen LogP contribution in [0.15, 0.2) is 128 Å². The fourth-order valence-corrected chi connectivity index (χ4v) is 6.26. The third-order valence-corrected chi connectivity index (χ3v) is 8.94. The van der Waals surface area contributed by atoms with Crippen molar-refractivity contribution in [2.45, 2.75) is 37.1 Å². The van der Waals surface area contributed by atoms with Crippen LogP contribution in [0.2, 0.25) is 5.15 Å². The second-order valence-electron chi connectivity index (χ2n) is 12.3. The van der Waals surface area contributed by atoms with E-state index in [1.807, 2.05) is 0 Å². The summed E-state index contributed by atoms with van der Waals surface area (Å²) in [4.78, 5) is 67.2. The highest BCUT2D eigenvalue weighted by Gasteiger charge is 2.48. The number of halogens is 1. The van der Waals surface area contributed by atoms with Gasteiger partial charge < -0.3 is 29.4 Å². The Hall–Kier alpha value is -6.64. The minimum Gasteiger partial charge on any atom is -0.459 e. The Morgan fingerprint density at radius 2 is 1.15 bits per heavy atom. The van der Waals surface area contributed by atoms with Crippen molar-refractivity contribution in [3.63, 3.8) is 0 Å². The molecule has 0 saturated carbocycles. The van der Waals surface area contributed by atoms with E-state index in [9.17, 15) is 19.2 Å². The predicted octanol–water partition coefficient (Wildman–Crippen LogP) is 5.88. The summed E-state index contributed by atoms with van der Waals surface area (Å²) in [6.07, 6.45) is -5.71. The number of fused-ring (bicyclic) bond motifs is 1. The number of aromatic nitrogens is 4. The van der Waals surface area contributed by atoms with Gasteiger partial charge in [0.15, 0.2) is 29.2 Å². The van der Waals surface area contributed by atoms with Crippen molar-refractivity contribution in [1.29, 1.82) is 0 Å². The predicted molar refractivity (Wildman–Crippen MR) is 197 cm³/mol. The molecule has 1 saturated heterocycles. The Kier molecular flexibility index (Phi) is 11.1. The van der Waals surface area contributed by atoms with Gasteiger partial charge in [-0.3, -0.25) is 4.57 Å². The SMILES string of the molecule is Nc1nc(Cl)c2ncn([C@@H]3O[C@H](COC(=O)c4ccccc4)[C@@H](OC(=O)c4ccccc4)[C@H](OC(=O)c4ccccc4)C[C@H]3OC(=O)c3ccccc3)c2n1. The molecule has 15 heteroatoms. The number of hydrogen-bond donors (Lipinski definition) is 1. The average molecular weight is 762 g/mol. The maximum Gasteiger partial charge on any atom is 0.338 e. The molecule has 4 aromatic carbocycles. The van der Waals surface area contributed by atoms with Gasteiger partial charge in [0.2, 0.25) is 5.95 Å². The number of ether oxygens (including phenoxy) is 5. The van der Waals surface area contributed by atoms with Crippen molar-refractivity contribution in [2.24, 2.45) is 0 Å². The Morgan fingerprint density at radius 1 is 0.673 bits per heavy atom. The standard InChI is InChI=1S/C40H32ClN5O9/c41-33-31-34(45-40(42)44-33)46(23-43-31)35-29(54-38(49)26-17-9-3-10-18-26)21-28(53-37(48)25-15-7-2-8-16-25)32(55-39(50)27-19-11-4-12-20-27)30(52-35)22-51-36(47)24-13-5-1-6-14-24/h1-20,23,28-30,32,35H,21-22H2,(H2,42,44,45)/t28-,29-,30-,32+,35-/m1/s1. The summed E-state index contributed by atoms with van der Waals surface area (Å²) < 4.78 is 32.3. The molecule has 2 aromatic heterocycles. The molecule has 1 fully saturated rings. The molecular formula is C40H32ClN5O9. The molecule has 3 heterocycles. The van der Waals surface area contributed by atoms with Crippen LogP contribution in [0.4, 0.5) is 5.95 Å². The lowest BCUT2D eigenvalue weighted by Gasteiger charge is -2.30. The van der Waals surface area contributed by atoms with Crippen molar-refractivity contribution >= 4 is 52.6 Å². The molecule has 0 spiro atoms. The monoisotopic (exact) mass is 761 g/mol. The van der Waals surface area contributed by atoms with Crippen LogP contribution in [0, 0.1) is 0 Å². The van der Waals surface area contributed by atoms with Crippen molar-refractivity contribution in [3.05, 3.63) is 155 Å². The summed E-state index contributed by atoms with van der Waals surface area (Å²) in [5, 5.41) is -0.0506. The molecule has 0 bridgehead atoms. The first-order valence-corrected chi connectivity index (χ1v) is 17.4. The molecule has 2 N–H and O–H groups in total. The molecule has 55 heavy (non-hydrogen) atoms. The summed E-state index contributed by atoms with van der Waals surface area (Å²) in [5.74, 6) is -3.17. The number of hydrogen-bond acceptors (Lipinski definition) is 13. The quantitative estimate of drug-likeness (QED) is 0.0992. The van der Waals surface area contributed by atoms with E-state index in [0.29, 0.717) is 0 Å². The van der Waals surface area contributed by atoms with Gasteiger partial charge in [-0.2, -0.15) is 9.97 Å². The summed E-state index contributed by atoms with van der Waals surface area (Å²) in [6.45, 7) is -0.514. The fourth-order valence-electron chi connectivity index (χ4n) is 6.04. The molecule has 7 rings (SSSR count). The van der Waals surface area contributed by atoms with Gasteiger partial charge in [0, 0.05) is 6.42 Å². The molecular weight excluding hydrogens is 730 g/mol. The Labute approximate surface area is 318 Å². The molecule has 1 aliphatic heterocycles. The lowest BCUT2D eigenvalue weighted by atomic mass is 10.0. The number of imidazole rings is 1. The minimum absolute atomic E-state index is 0.0506. The molecule has 0 unspecified atom stereocenters. The minimum atomic E-state index is -1.44. The maximum absolute atomic E-state index is 13.8. The third-order valence-electron chi connectivity index (χ3n) is 8.68. The number of carbonyl (C=O) groups is 4. The zero-order valence-corrected chi connectivity index (χ0v) is 29.6. The lowest BCUT2D eigenvalue weighted by molar-refractivity contribution is -0.150. The average Bonchev–Trinajstić information content (AvgIpc) is 3.59. The smallest absolute Gasteiger partial charge is 0.338 e. The first-order chi connectivity index (χ1) is 26.7. The van der Waals surface area contributed by atoms with Crippen molar-refractivity contribution in [2.75, 3.05) is 12.3 Å². The van der Waals surface area contributed by atoms with Crippen LogP contribution < -0.4 is 5.73 Å². The Morgan fingerprint density at radius 3 is 1.67 bits per heavy atom. The molecule has 6 aromatic rings. The highest BCUT2D eigenvalue weighted by atomic mass is 35.5. The van der Waals surface area contributed by atoms with Gasteiger partial charge in [-0.05, 0) is 48.5 Å². The van der Waals surface area contributed by atoms with Crippen LogP contribution in [0.1, 0.15) is 54.1 Å². The van der Waals surface area contributed by atoms with E-state index in [-0.39, 0.29) is 50.9 Å². The van der Waals surface area contributed by atoms with Crippen LogP contribution in [0.5, 0.6) is 0 Å². The van der Waals surface area contributed by atoms with E-state index in [2.05, 4.69) is 15.0 Å². The summed E-state index contributed by atoms with van der Waals surface area (Å²) in [5.41, 5.74) is 7.10. The van der Waals surface area contributed by atoms with Crippen molar-refractivity contribution in [1.82, 2.24) is 19.5 Å². The molecule has 5 atom stereocenters. The molecule has 1 aliphatic rings. The third kappa shape index (κ3) is 8.45. The normalized spacial score (nSPS) is 19.5. The van der Waals surface area contributed by atoms with E-state index in [4.69, 9.17) is 41.0 Å². The summed E-state index contributed by atoms with van der Waals surface area (Å²) >= 11 is 6.39. The summed E-state index contributed by atoms with van der Waals surface area (Å²) in [7, 11) is 0. The summed E-state index contributed by atoms with van der Waals surface area (Å²) in [6, 6.07) is 32.8. The largest absolute Gasteiger partial charge is 0.459 e. The number of benzene rings is 4. The Bertz CT molecular complexity index is 2300. The van der Waals surface area contributed by atoms with Gasteiger partial charge in [-0.25, -0.2) is 24.2 Å². The lowest BCUT2D eigenvalue weighted by Crippen LogP contribution is -2.46. The van der Waals surface area contributed by atoms with Gasteiger partial charge in [0.25, 0.3) is 0 Å². The van der Waals surface area contributed by atoms with Gasteiger partial charge in [-0.15, -0.1) is 0 Å². The molecule has 14 nitrogen and oxygen atoms in total. The molecule has 0 amide bonds. The highest BCUT2D eigenvalue weighted by molar-refractivity contribution is 6.33. The van der Waals surface area contributed by atoms with Crippen LogP contribution >= 0.6 is 11.6 Å². The Balaban J connectivity index is 1.35. The zero-order valence-electron chi connectivity index (χ0n) is 28.8. The number of nitrogen functional groups attached to an aromatic ring is 1. The van der Waals surface area contributed by atoms with E-state index >= 15 is 0 Å². The number of esters is 4. The zero-order chi connectivity index (χ0) is 38.3. The topological polar surface area (TPSA) is 184 Å². The first kappa shape index (κ1) is 36.7. The number of anilines is 1. The number of nitrogens with zero attached hydrogens (tertiary/aromatic N) is 4. The number of carbonyl (C=O) groups excluding carboxylic acids is 4. The number of rotatable bonds is 10. The molecule has 0 aliphatic carbocycles. The van der Waals surface area contributed by atoms with E-state index in [1.54, 1.807) is 121 Å². The second kappa shape index (κ2) is 16.6. The van der Waals surface area contributed by atoms with Crippen LogP contribution in [-0.4, -0.2) is 74.4 Å².